The quantitative estimate of drug-likeness (QED) is 0.220. The van der Waals surface area contributed by atoms with Gasteiger partial charge < -0.3 is 9.15 Å². The fourth-order valence-corrected chi connectivity index (χ4v) is 20.9. The van der Waals surface area contributed by atoms with Crippen molar-refractivity contribution < 1.29 is 9.15 Å². The van der Waals surface area contributed by atoms with Crippen LogP contribution in [-0.2, 0) is 4.74 Å². The molecule has 1 aliphatic heterocycles. The summed E-state index contributed by atoms with van der Waals surface area (Å²) in [6.07, 6.45) is 83.6. The second-order valence-electron chi connectivity index (χ2n) is 29.7. The van der Waals surface area contributed by atoms with Gasteiger partial charge in [-0.25, -0.2) is 0 Å². The molecule has 16 aliphatic rings. The molecule has 1 saturated carbocycles. The SMILES string of the molecule is C1=CC2=C(C3C=c4c5c(oc4=CC3)C(c3ccc(C4C=CC(C6C7CCCC=C7C(C7C=C8C9=C(C=C%10CCCCC%10C9)OC8CC7)=C7C=CCCC76)=CC4)cc3)=CC3CCC=CC53)C3=CCCC=C3C(c3cccc(C4C=C5C=CCCC5=CC4)c3)C2C=C1. The van der Waals surface area contributed by atoms with Crippen LogP contribution in [-0.4, -0.2) is 6.10 Å². The van der Waals surface area contributed by atoms with Gasteiger partial charge in [0.25, 0.3) is 0 Å². The third kappa shape index (κ3) is 8.97. The van der Waals surface area contributed by atoms with Crippen molar-refractivity contribution in [1.82, 2.24) is 0 Å². The van der Waals surface area contributed by atoms with E-state index in [2.05, 4.69) is 188 Å². The third-order valence-corrected chi connectivity index (χ3v) is 25.0. The van der Waals surface area contributed by atoms with Gasteiger partial charge >= 0.3 is 0 Å². The zero-order valence-electron chi connectivity index (χ0n) is 52.6. The second kappa shape index (κ2) is 22.2. The highest BCUT2D eigenvalue weighted by Gasteiger charge is 2.47. The fraction of sp³-hybridized carbons (Fsp3) is 0.386. The van der Waals surface area contributed by atoms with E-state index in [4.69, 9.17) is 9.15 Å². The number of furan rings is 1. The summed E-state index contributed by atoms with van der Waals surface area (Å²) in [5.41, 5.74) is 29.9. The van der Waals surface area contributed by atoms with Gasteiger partial charge in [-0.3, -0.25) is 0 Å². The van der Waals surface area contributed by atoms with Gasteiger partial charge in [-0.05, 0) is 254 Å². The maximum atomic E-state index is 7.23. The molecule has 1 aromatic heterocycles. The van der Waals surface area contributed by atoms with Crippen molar-refractivity contribution in [2.45, 2.75) is 165 Å². The fourth-order valence-electron chi connectivity index (χ4n) is 20.9. The Morgan fingerprint density at radius 1 is 0.522 bits per heavy atom. The normalized spacial score (nSPS) is 33.9. The van der Waals surface area contributed by atoms with Crippen LogP contribution in [0.4, 0.5) is 0 Å². The molecule has 0 N–H and O–H groups in total. The average molecular weight is 1180 g/mol. The van der Waals surface area contributed by atoms with Crippen LogP contribution in [0.1, 0.15) is 192 Å². The summed E-state index contributed by atoms with van der Waals surface area (Å²) < 4.78 is 14.0. The molecule has 2 heterocycles. The van der Waals surface area contributed by atoms with Crippen molar-refractivity contribution in [3.63, 3.8) is 0 Å². The smallest absolute Gasteiger partial charge is 0.139 e. The summed E-state index contributed by atoms with van der Waals surface area (Å²) in [5.74, 6) is 7.69. The molecular weight excluding hydrogens is 1090 g/mol. The van der Waals surface area contributed by atoms with Crippen LogP contribution in [0.15, 0.2) is 259 Å². The number of hydrogen-bond acceptors (Lipinski definition) is 2. The van der Waals surface area contributed by atoms with Crippen LogP contribution in [0.2, 0.25) is 0 Å². The Labute approximate surface area is 534 Å². The van der Waals surface area contributed by atoms with Gasteiger partial charge in [-0.15, -0.1) is 0 Å². The molecule has 19 rings (SSSR count). The van der Waals surface area contributed by atoms with Gasteiger partial charge in [-0.2, -0.15) is 0 Å². The lowest BCUT2D eigenvalue weighted by atomic mass is 9.56. The number of fused-ring (bicyclic) bond motifs is 13. The molecule has 3 aromatic rings. The maximum absolute atomic E-state index is 7.23. The number of hydrogen-bond donors (Lipinski definition) is 0. The van der Waals surface area contributed by atoms with Crippen molar-refractivity contribution in [1.29, 1.82) is 0 Å². The standard InChI is InChI=1S/C88H86O2/c1-2-17-58-46-62(41-36-53(58)16-1)59-21-15-22-64(47-59)84-72-28-11-13-30-74(72)86(75-31-14-12-29-73(75)84)66-43-45-81-79(51-66)87-67-23-6-5-20-63(67)49-76(88(87)90-81)56-37-32-54(33-38-56)55-34-39-57(40-35-55)83-68-24-7-9-26-70(68)85(71-27-10-8-25-69(71)83)65-42-44-80-77(50-65)78-48-60-18-3-4-19-61(60)52-82(78)89-80/h2,6,9,11,13,15,17,21-23,26-34,36-40,45-47,49-52,55,60,62-63,65-69,72,80,83-84H,1,3-5,7-8,10,12,14,16,18-20,24-25,35,41-44,48H2. The van der Waals surface area contributed by atoms with E-state index in [-0.39, 0.29) is 17.9 Å². The Bertz CT molecular complexity index is 4310. The molecule has 15 aliphatic carbocycles. The molecule has 0 saturated heterocycles. The summed E-state index contributed by atoms with van der Waals surface area (Å²) >= 11 is 0. The summed E-state index contributed by atoms with van der Waals surface area (Å²) in [6.45, 7) is 0. The summed E-state index contributed by atoms with van der Waals surface area (Å²) in [6, 6.07) is 19.5. The molecule has 450 valence electrons. The van der Waals surface area contributed by atoms with Gasteiger partial charge in [0.1, 0.15) is 23.0 Å². The third-order valence-electron chi connectivity index (χ3n) is 25.0. The highest BCUT2D eigenvalue weighted by Crippen LogP contribution is 2.59. The van der Waals surface area contributed by atoms with Gasteiger partial charge in [-0.1, -0.05) is 188 Å². The van der Waals surface area contributed by atoms with Crippen LogP contribution in [0.3, 0.4) is 0 Å². The molecule has 0 bridgehead atoms. The second-order valence-corrected chi connectivity index (χ2v) is 29.7. The van der Waals surface area contributed by atoms with Crippen LogP contribution in [0.25, 0.3) is 17.7 Å². The molecule has 90 heavy (non-hydrogen) atoms. The Morgan fingerprint density at radius 3 is 2.38 bits per heavy atom. The van der Waals surface area contributed by atoms with Gasteiger partial charge in [0.15, 0.2) is 0 Å². The molecule has 0 radical (unpaired) electrons. The first-order valence-electron chi connectivity index (χ1n) is 35.9. The molecule has 13 unspecified atom stereocenters. The van der Waals surface area contributed by atoms with E-state index < -0.39 is 0 Å². The minimum atomic E-state index is 0.260. The predicted octanol–water partition coefficient (Wildman–Crippen LogP) is 20.6. The molecule has 2 heteroatoms. The van der Waals surface area contributed by atoms with E-state index in [1.807, 2.05) is 0 Å². The predicted molar refractivity (Wildman–Crippen MR) is 368 cm³/mol. The summed E-state index contributed by atoms with van der Waals surface area (Å²) in [7, 11) is 0. The zero-order valence-corrected chi connectivity index (χ0v) is 52.6. The Morgan fingerprint density at radius 2 is 1.42 bits per heavy atom. The largest absolute Gasteiger partial charge is 0.485 e. The van der Waals surface area contributed by atoms with Gasteiger partial charge in [0, 0.05) is 63.4 Å². The van der Waals surface area contributed by atoms with E-state index in [1.165, 1.54) is 157 Å². The molecular formula is C88H86O2. The number of rotatable bonds is 7. The lowest BCUT2D eigenvalue weighted by molar-refractivity contribution is 0.155. The molecule has 13 atom stereocenters. The summed E-state index contributed by atoms with van der Waals surface area (Å²) in [4.78, 5) is 0. The van der Waals surface area contributed by atoms with E-state index >= 15 is 0 Å². The van der Waals surface area contributed by atoms with Crippen molar-refractivity contribution in [2.24, 2.45) is 47.3 Å². The first-order chi connectivity index (χ1) is 44.6. The van der Waals surface area contributed by atoms with Crippen molar-refractivity contribution in [3.05, 3.63) is 299 Å². The van der Waals surface area contributed by atoms with E-state index in [9.17, 15) is 0 Å². The average Bonchev–Trinajstić information content (AvgIpc) is 1.70. The van der Waals surface area contributed by atoms with Gasteiger partial charge in [0.05, 0.1) is 0 Å². The summed E-state index contributed by atoms with van der Waals surface area (Å²) in [5, 5.41) is 1.34. The van der Waals surface area contributed by atoms with Crippen molar-refractivity contribution >= 4 is 17.7 Å². The highest BCUT2D eigenvalue weighted by molar-refractivity contribution is 5.82. The van der Waals surface area contributed by atoms with E-state index in [1.54, 1.807) is 50.2 Å². The number of allylic oxidation sites excluding steroid dienone is 32. The lowest BCUT2D eigenvalue weighted by Gasteiger charge is -2.48. The Balaban J connectivity index is 0.602. The van der Waals surface area contributed by atoms with Crippen LogP contribution < -0.4 is 10.6 Å². The highest BCUT2D eigenvalue weighted by atomic mass is 16.5. The van der Waals surface area contributed by atoms with Crippen LogP contribution in [0, 0.1) is 47.3 Å². The maximum Gasteiger partial charge on any atom is 0.139 e. The minimum Gasteiger partial charge on any atom is -0.485 e. The molecule has 2 aromatic carbocycles. The lowest BCUT2D eigenvalue weighted by Crippen LogP contribution is -2.37. The zero-order chi connectivity index (χ0) is 59.0. The molecule has 2 nitrogen and oxygen atoms in total. The van der Waals surface area contributed by atoms with Gasteiger partial charge in [0.2, 0.25) is 0 Å². The number of ether oxygens (including phenoxy) is 1. The first kappa shape index (κ1) is 54.3. The van der Waals surface area contributed by atoms with Crippen LogP contribution >= 0.6 is 0 Å². The number of benzene rings is 2. The molecule has 0 spiro atoms. The molecule has 0 amide bonds. The van der Waals surface area contributed by atoms with E-state index in [0.29, 0.717) is 53.3 Å². The van der Waals surface area contributed by atoms with Crippen molar-refractivity contribution in [2.75, 3.05) is 0 Å². The Hall–Kier alpha value is -7.42. The van der Waals surface area contributed by atoms with Crippen LogP contribution in [0.5, 0.6) is 0 Å². The topological polar surface area (TPSA) is 22.4 Å². The monoisotopic (exact) mass is 1170 g/mol. The molecule has 1 fully saturated rings. The Kier molecular flexibility index (Phi) is 13.4. The first-order valence-corrected chi connectivity index (χ1v) is 35.9. The van der Waals surface area contributed by atoms with Crippen molar-refractivity contribution in [3.8, 4) is 0 Å². The van der Waals surface area contributed by atoms with E-state index in [0.717, 1.165) is 62.0 Å². The minimum absolute atomic E-state index is 0.260.